The van der Waals surface area contributed by atoms with Gasteiger partial charge in [-0.2, -0.15) is 0 Å². The molecule has 0 saturated carbocycles. The molecule has 5 heteroatoms. The number of rotatable bonds is 3. The average molecular weight is 288 g/mol. The maximum absolute atomic E-state index is 10.5. The van der Waals surface area contributed by atoms with Crippen molar-refractivity contribution in [3.63, 3.8) is 0 Å². The van der Waals surface area contributed by atoms with E-state index in [1.54, 1.807) is 7.11 Å². The fraction of sp³-hybridized carbons (Fsp3) is 0.375. The highest BCUT2D eigenvalue weighted by Crippen LogP contribution is 2.41. The molecule has 1 heterocycles. The largest absolute Gasteiger partial charge is 0.496 e. The van der Waals surface area contributed by atoms with Crippen molar-refractivity contribution in [3.05, 3.63) is 45.6 Å². The highest BCUT2D eigenvalue weighted by Gasteiger charge is 2.29. The van der Waals surface area contributed by atoms with Gasteiger partial charge in [-0.3, -0.25) is 10.1 Å². The fourth-order valence-electron chi connectivity index (χ4n) is 2.64. The predicted molar refractivity (Wildman–Crippen MR) is 85.2 cm³/mol. The highest BCUT2D eigenvalue weighted by atomic mass is 16.6. The van der Waals surface area contributed by atoms with Crippen LogP contribution in [-0.4, -0.2) is 24.6 Å². The summed E-state index contributed by atoms with van der Waals surface area (Å²) in [6.07, 6.45) is 4.59. The number of hydrogen-bond acceptors (Lipinski definition) is 4. The summed E-state index contributed by atoms with van der Waals surface area (Å²) in [6, 6.07) is 3.87. The molecule has 0 radical (unpaired) electrons. The molecule has 0 fully saturated rings. The van der Waals surface area contributed by atoms with Gasteiger partial charge in [-0.15, -0.1) is 0 Å². The molecular formula is C16H20N2O3. The SMILES string of the molecule is COc1cc2c(cc1/C=C/[N+](=O)[O-])C(C)=CC(C)(C)N2C. The minimum Gasteiger partial charge on any atom is -0.496 e. The number of methoxy groups -OCH3 is 1. The highest BCUT2D eigenvalue weighted by molar-refractivity contribution is 5.84. The lowest BCUT2D eigenvalue weighted by Crippen LogP contribution is -2.42. The molecule has 0 bridgehead atoms. The molecule has 2 rings (SSSR count). The molecule has 0 unspecified atom stereocenters. The molecule has 1 aliphatic rings. The van der Waals surface area contributed by atoms with Crippen molar-refractivity contribution in [2.45, 2.75) is 26.3 Å². The first kappa shape index (κ1) is 15.1. The number of ether oxygens (including phenoxy) is 1. The van der Waals surface area contributed by atoms with Gasteiger partial charge < -0.3 is 9.64 Å². The van der Waals surface area contributed by atoms with Crippen LogP contribution < -0.4 is 9.64 Å². The number of hydrogen-bond donors (Lipinski definition) is 0. The zero-order chi connectivity index (χ0) is 15.8. The van der Waals surface area contributed by atoms with Crippen LogP contribution in [0.2, 0.25) is 0 Å². The van der Waals surface area contributed by atoms with Crippen LogP contribution in [0.1, 0.15) is 31.9 Å². The van der Waals surface area contributed by atoms with Crippen LogP contribution in [-0.2, 0) is 0 Å². The monoisotopic (exact) mass is 288 g/mol. The van der Waals surface area contributed by atoms with Crippen LogP contribution in [0, 0.1) is 10.1 Å². The van der Waals surface area contributed by atoms with Gasteiger partial charge in [0.15, 0.2) is 0 Å². The number of fused-ring (bicyclic) bond motifs is 1. The smallest absolute Gasteiger partial charge is 0.235 e. The van der Waals surface area contributed by atoms with Gasteiger partial charge in [-0.25, -0.2) is 0 Å². The Morgan fingerprint density at radius 2 is 2.05 bits per heavy atom. The van der Waals surface area contributed by atoms with Crippen molar-refractivity contribution in [2.24, 2.45) is 0 Å². The average Bonchev–Trinajstić information content (AvgIpc) is 2.41. The molecule has 0 N–H and O–H groups in total. The Morgan fingerprint density at radius 3 is 2.62 bits per heavy atom. The molecule has 0 spiro atoms. The number of benzene rings is 1. The van der Waals surface area contributed by atoms with E-state index in [1.165, 1.54) is 6.08 Å². The summed E-state index contributed by atoms with van der Waals surface area (Å²) in [7, 11) is 3.61. The maximum atomic E-state index is 10.5. The molecule has 5 nitrogen and oxygen atoms in total. The number of allylic oxidation sites excluding steroid dienone is 1. The van der Waals surface area contributed by atoms with Gasteiger partial charge >= 0.3 is 0 Å². The Kier molecular flexibility index (Phi) is 3.77. The standard InChI is InChI=1S/C16H20N2O3/c1-11-10-16(2,3)17(4)14-9-15(21-5)12(8-13(11)14)6-7-18(19)20/h6-10H,1-5H3/b7-6+. The molecule has 0 amide bonds. The number of likely N-dealkylation sites (N-methyl/N-ethyl adjacent to an activating group) is 1. The van der Waals surface area contributed by atoms with E-state index < -0.39 is 4.92 Å². The van der Waals surface area contributed by atoms with E-state index in [0.29, 0.717) is 11.3 Å². The third-order valence-electron chi connectivity index (χ3n) is 3.94. The Hall–Kier alpha value is -2.30. The summed E-state index contributed by atoms with van der Waals surface area (Å²) in [5.74, 6) is 0.629. The number of nitro groups is 1. The Morgan fingerprint density at radius 1 is 1.38 bits per heavy atom. The van der Waals surface area contributed by atoms with E-state index in [-0.39, 0.29) is 5.54 Å². The topological polar surface area (TPSA) is 55.6 Å². The van der Waals surface area contributed by atoms with Gasteiger partial charge in [0.1, 0.15) is 5.75 Å². The summed E-state index contributed by atoms with van der Waals surface area (Å²) in [6.45, 7) is 6.35. The van der Waals surface area contributed by atoms with E-state index >= 15 is 0 Å². The van der Waals surface area contributed by atoms with Crippen molar-refractivity contribution in [3.8, 4) is 5.75 Å². The molecule has 0 atom stereocenters. The van der Waals surface area contributed by atoms with E-state index in [2.05, 4.69) is 31.7 Å². The third-order valence-corrected chi connectivity index (χ3v) is 3.94. The minimum absolute atomic E-state index is 0.0830. The van der Waals surface area contributed by atoms with E-state index in [9.17, 15) is 10.1 Å². The summed E-state index contributed by atoms with van der Waals surface area (Å²) in [4.78, 5) is 12.2. The first-order valence-corrected chi connectivity index (χ1v) is 6.73. The van der Waals surface area contributed by atoms with Gasteiger partial charge in [-0.05, 0) is 32.4 Å². The van der Waals surface area contributed by atoms with Crippen molar-refractivity contribution in [1.82, 2.24) is 0 Å². The first-order valence-electron chi connectivity index (χ1n) is 6.73. The molecule has 0 saturated heterocycles. The molecule has 112 valence electrons. The number of nitrogens with zero attached hydrogens (tertiary/aromatic N) is 2. The first-order chi connectivity index (χ1) is 9.76. The quantitative estimate of drug-likeness (QED) is 0.630. The fourth-order valence-corrected chi connectivity index (χ4v) is 2.64. The molecule has 1 aliphatic heterocycles. The lowest BCUT2D eigenvalue weighted by atomic mass is 9.88. The number of anilines is 1. The Balaban J connectivity index is 2.61. The summed E-state index contributed by atoms with van der Waals surface area (Å²) in [5, 5.41) is 10.5. The van der Waals surface area contributed by atoms with Gasteiger partial charge in [0, 0.05) is 36.0 Å². The molecule has 21 heavy (non-hydrogen) atoms. The molecule has 1 aromatic carbocycles. The van der Waals surface area contributed by atoms with Crippen molar-refractivity contribution < 1.29 is 9.66 Å². The van der Waals surface area contributed by atoms with Crippen LogP contribution in [0.3, 0.4) is 0 Å². The van der Waals surface area contributed by atoms with Crippen LogP contribution >= 0.6 is 0 Å². The molecule has 0 aromatic heterocycles. The van der Waals surface area contributed by atoms with Crippen LogP contribution in [0.15, 0.2) is 24.4 Å². The Bertz CT molecular complexity index is 645. The van der Waals surface area contributed by atoms with Crippen molar-refractivity contribution in [1.29, 1.82) is 0 Å². The summed E-state index contributed by atoms with van der Waals surface area (Å²) >= 11 is 0. The summed E-state index contributed by atoms with van der Waals surface area (Å²) < 4.78 is 5.38. The third kappa shape index (κ3) is 2.77. The van der Waals surface area contributed by atoms with E-state index in [0.717, 1.165) is 23.0 Å². The lowest BCUT2D eigenvalue weighted by Gasteiger charge is -2.40. The summed E-state index contributed by atoms with van der Waals surface area (Å²) in [5.41, 5.74) is 3.91. The van der Waals surface area contributed by atoms with Crippen molar-refractivity contribution in [2.75, 3.05) is 19.1 Å². The molecule has 0 aliphatic carbocycles. The van der Waals surface area contributed by atoms with Gasteiger partial charge in [0.05, 0.1) is 17.6 Å². The van der Waals surface area contributed by atoms with Crippen molar-refractivity contribution >= 4 is 17.3 Å². The normalized spacial score (nSPS) is 16.6. The second-order valence-electron chi connectivity index (χ2n) is 5.75. The zero-order valence-electron chi connectivity index (χ0n) is 13.0. The van der Waals surface area contributed by atoms with Gasteiger partial charge in [-0.1, -0.05) is 6.08 Å². The van der Waals surface area contributed by atoms with Crippen LogP contribution in [0.4, 0.5) is 5.69 Å². The minimum atomic E-state index is -0.475. The molecule has 1 aromatic rings. The van der Waals surface area contributed by atoms with Crippen LogP contribution in [0.5, 0.6) is 5.75 Å². The van der Waals surface area contributed by atoms with Gasteiger partial charge in [0.25, 0.3) is 0 Å². The zero-order valence-corrected chi connectivity index (χ0v) is 13.0. The van der Waals surface area contributed by atoms with E-state index in [4.69, 9.17) is 4.74 Å². The molecular weight excluding hydrogens is 268 g/mol. The van der Waals surface area contributed by atoms with Gasteiger partial charge in [0.2, 0.25) is 6.20 Å². The predicted octanol–water partition coefficient (Wildman–Crippen LogP) is 3.57. The Labute approximate surface area is 124 Å². The van der Waals surface area contributed by atoms with Crippen LogP contribution in [0.25, 0.3) is 11.6 Å². The maximum Gasteiger partial charge on any atom is 0.235 e. The second kappa shape index (κ2) is 5.24. The second-order valence-corrected chi connectivity index (χ2v) is 5.75. The lowest BCUT2D eigenvalue weighted by molar-refractivity contribution is -0.400. The van der Waals surface area contributed by atoms with E-state index in [1.807, 2.05) is 19.2 Å².